The first-order valence-electron chi connectivity index (χ1n) is 5.24. The summed E-state index contributed by atoms with van der Waals surface area (Å²) >= 11 is 0. The molecule has 1 saturated heterocycles. The SMILES string of the molecule is C#CCCNS(=O)(=O)N1CCC(C)CC1. The molecule has 15 heavy (non-hydrogen) atoms. The Bertz CT molecular complexity index is 324. The predicted molar refractivity (Wildman–Crippen MR) is 60.3 cm³/mol. The summed E-state index contributed by atoms with van der Waals surface area (Å²) < 4.78 is 27.4. The monoisotopic (exact) mass is 230 g/mol. The molecule has 0 aromatic carbocycles. The molecule has 0 saturated carbocycles. The second kappa shape index (κ2) is 5.50. The van der Waals surface area contributed by atoms with Crippen LogP contribution in [-0.4, -0.2) is 32.4 Å². The summed E-state index contributed by atoms with van der Waals surface area (Å²) in [5.74, 6) is 3.03. The van der Waals surface area contributed by atoms with E-state index in [2.05, 4.69) is 17.6 Å². The summed E-state index contributed by atoms with van der Waals surface area (Å²) in [6.07, 6.45) is 7.37. The lowest BCUT2D eigenvalue weighted by molar-refractivity contribution is 0.285. The molecule has 1 aliphatic rings. The molecule has 0 aromatic heterocycles. The standard InChI is InChI=1S/C10H18N2O2S/c1-3-4-7-11-15(13,14)12-8-5-10(2)6-9-12/h1,10-11H,4-9H2,2H3. The van der Waals surface area contributed by atoms with E-state index in [1.54, 1.807) is 0 Å². The molecule has 1 rings (SSSR count). The van der Waals surface area contributed by atoms with Gasteiger partial charge in [-0.15, -0.1) is 12.3 Å². The van der Waals surface area contributed by atoms with E-state index in [0.717, 1.165) is 12.8 Å². The molecule has 1 aliphatic heterocycles. The minimum atomic E-state index is -3.29. The van der Waals surface area contributed by atoms with Gasteiger partial charge in [0, 0.05) is 26.1 Å². The minimum absolute atomic E-state index is 0.324. The molecule has 86 valence electrons. The van der Waals surface area contributed by atoms with E-state index in [4.69, 9.17) is 6.42 Å². The third kappa shape index (κ3) is 3.82. The van der Waals surface area contributed by atoms with Gasteiger partial charge in [0.1, 0.15) is 0 Å². The van der Waals surface area contributed by atoms with Crippen molar-refractivity contribution in [1.82, 2.24) is 9.03 Å². The molecule has 1 N–H and O–H groups in total. The van der Waals surface area contributed by atoms with Gasteiger partial charge in [-0.25, -0.2) is 4.72 Å². The molecule has 1 fully saturated rings. The van der Waals surface area contributed by atoms with E-state index < -0.39 is 10.2 Å². The Labute approximate surface area is 92.2 Å². The van der Waals surface area contributed by atoms with Gasteiger partial charge in [-0.3, -0.25) is 0 Å². The van der Waals surface area contributed by atoms with E-state index >= 15 is 0 Å². The van der Waals surface area contributed by atoms with Crippen molar-refractivity contribution in [2.45, 2.75) is 26.2 Å². The molecule has 0 atom stereocenters. The first-order valence-corrected chi connectivity index (χ1v) is 6.68. The highest BCUT2D eigenvalue weighted by atomic mass is 32.2. The zero-order valence-corrected chi connectivity index (χ0v) is 9.89. The van der Waals surface area contributed by atoms with Gasteiger partial charge in [0.05, 0.1) is 0 Å². The second-order valence-corrected chi connectivity index (χ2v) is 5.69. The van der Waals surface area contributed by atoms with Crippen molar-refractivity contribution < 1.29 is 8.42 Å². The van der Waals surface area contributed by atoms with E-state index in [1.165, 1.54) is 4.31 Å². The third-order valence-corrected chi connectivity index (χ3v) is 4.25. The number of terminal acetylenes is 1. The number of nitrogens with zero attached hydrogens (tertiary/aromatic N) is 1. The van der Waals surface area contributed by atoms with Crippen molar-refractivity contribution in [2.24, 2.45) is 5.92 Å². The number of nitrogens with one attached hydrogen (secondary N) is 1. The molecule has 1 heterocycles. The lowest BCUT2D eigenvalue weighted by Gasteiger charge is -2.29. The average Bonchev–Trinajstić information content (AvgIpc) is 2.18. The highest BCUT2D eigenvalue weighted by Crippen LogP contribution is 2.17. The summed E-state index contributed by atoms with van der Waals surface area (Å²) in [5, 5.41) is 0. The van der Waals surface area contributed by atoms with Crippen molar-refractivity contribution in [3.05, 3.63) is 0 Å². The minimum Gasteiger partial charge on any atom is -0.201 e. The van der Waals surface area contributed by atoms with Gasteiger partial charge in [0.2, 0.25) is 0 Å². The van der Waals surface area contributed by atoms with Gasteiger partial charge >= 0.3 is 0 Å². The molecule has 4 nitrogen and oxygen atoms in total. The highest BCUT2D eigenvalue weighted by Gasteiger charge is 2.25. The van der Waals surface area contributed by atoms with E-state index in [9.17, 15) is 8.42 Å². The summed E-state index contributed by atoms with van der Waals surface area (Å²) in [7, 11) is -3.29. The second-order valence-electron chi connectivity index (χ2n) is 3.94. The zero-order chi connectivity index (χ0) is 11.3. The fourth-order valence-corrected chi connectivity index (χ4v) is 2.80. The molecular weight excluding hydrogens is 212 g/mol. The van der Waals surface area contributed by atoms with Crippen molar-refractivity contribution in [1.29, 1.82) is 0 Å². The molecule has 0 spiro atoms. The maximum Gasteiger partial charge on any atom is 0.279 e. The lowest BCUT2D eigenvalue weighted by Crippen LogP contribution is -2.44. The summed E-state index contributed by atoms with van der Waals surface area (Å²) in [6, 6.07) is 0. The van der Waals surface area contributed by atoms with E-state index in [1.807, 2.05) is 0 Å². The Kier molecular flexibility index (Phi) is 4.58. The maximum atomic E-state index is 11.7. The van der Waals surface area contributed by atoms with Gasteiger partial charge in [-0.1, -0.05) is 6.92 Å². The number of hydrogen-bond donors (Lipinski definition) is 1. The lowest BCUT2D eigenvalue weighted by atomic mass is 10.0. The van der Waals surface area contributed by atoms with E-state index in [-0.39, 0.29) is 0 Å². The van der Waals surface area contributed by atoms with Crippen LogP contribution in [0, 0.1) is 18.3 Å². The van der Waals surface area contributed by atoms with Crippen molar-refractivity contribution in [3.63, 3.8) is 0 Å². The molecule has 0 aromatic rings. The van der Waals surface area contributed by atoms with Crippen LogP contribution in [0.3, 0.4) is 0 Å². The normalized spacial score (nSPS) is 20.0. The van der Waals surface area contributed by atoms with Gasteiger partial charge in [-0.2, -0.15) is 12.7 Å². The van der Waals surface area contributed by atoms with Crippen LogP contribution in [-0.2, 0) is 10.2 Å². The molecule has 0 radical (unpaired) electrons. The van der Waals surface area contributed by atoms with Crippen LogP contribution in [0.2, 0.25) is 0 Å². The quantitative estimate of drug-likeness (QED) is 0.567. The predicted octanol–water partition coefficient (Wildman–Crippen LogP) is 0.576. The summed E-state index contributed by atoms with van der Waals surface area (Å²) in [4.78, 5) is 0. The molecule has 0 bridgehead atoms. The van der Waals surface area contributed by atoms with Crippen LogP contribution in [0.5, 0.6) is 0 Å². The van der Waals surface area contributed by atoms with Crippen LogP contribution in [0.25, 0.3) is 0 Å². The summed E-state index contributed by atoms with van der Waals surface area (Å²) in [5.41, 5.74) is 0. The number of rotatable bonds is 4. The van der Waals surface area contributed by atoms with Gasteiger partial charge in [0.15, 0.2) is 0 Å². The van der Waals surface area contributed by atoms with Crippen molar-refractivity contribution in [3.8, 4) is 12.3 Å². The molecular formula is C10H18N2O2S. The van der Waals surface area contributed by atoms with Gasteiger partial charge < -0.3 is 0 Å². The van der Waals surface area contributed by atoms with Crippen LogP contribution < -0.4 is 4.72 Å². The molecule has 0 amide bonds. The Morgan fingerprint density at radius 3 is 2.60 bits per heavy atom. The number of hydrogen-bond acceptors (Lipinski definition) is 2. The molecule has 0 unspecified atom stereocenters. The summed E-state index contributed by atoms with van der Waals surface area (Å²) in [6.45, 7) is 3.71. The number of piperidine rings is 1. The first kappa shape index (κ1) is 12.5. The Morgan fingerprint density at radius 1 is 1.47 bits per heavy atom. The van der Waals surface area contributed by atoms with Gasteiger partial charge in [0.25, 0.3) is 10.2 Å². The third-order valence-electron chi connectivity index (χ3n) is 2.64. The Hall–Kier alpha value is -0.570. The first-order chi connectivity index (χ1) is 7.06. The maximum absolute atomic E-state index is 11.7. The highest BCUT2D eigenvalue weighted by molar-refractivity contribution is 7.87. The molecule has 5 heteroatoms. The van der Waals surface area contributed by atoms with Crippen LogP contribution in [0.4, 0.5) is 0 Å². The Morgan fingerprint density at radius 2 is 2.07 bits per heavy atom. The van der Waals surface area contributed by atoms with Crippen LogP contribution in [0.15, 0.2) is 0 Å². The zero-order valence-electron chi connectivity index (χ0n) is 9.07. The smallest absolute Gasteiger partial charge is 0.201 e. The van der Waals surface area contributed by atoms with Crippen molar-refractivity contribution in [2.75, 3.05) is 19.6 Å². The fourth-order valence-electron chi connectivity index (χ4n) is 1.57. The van der Waals surface area contributed by atoms with Gasteiger partial charge in [-0.05, 0) is 18.8 Å². The fraction of sp³-hybridized carbons (Fsp3) is 0.800. The van der Waals surface area contributed by atoms with Crippen LogP contribution in [0.1, 0.15) is 26.2 Å². The van der Waals surface area contributed by atoms with Crippen molar-refractivity contribution >= 4 is 10.2 Å². The largest absolute Gasteiger partial charge is 0.279 e. The topological polar surface area (TPSA) is 49.4 Å². The van der Waals surface area contributed by atoms with Crippen LogP contribution >= 0.6 is 0 Å². The van der Waals surface area contributed by atoms with E-state index in [0.29, 0.717) is 32.0 Å². The molecule has 0 aliphatic carbocycles. The average molecular weight is 230 g/mol. The Balaban J connectivity index is 2.44.